The third kappa shape index (κ3) is 3.55. The second-order valence-electron chi connectivity index (χ2n) is 4.88. The molecule has 6 heteroatoms. The molecular weight excluding hydrogens is 294 g/mol. The predicted octanol–water partition coefficient (Wildman–Crippen LogP) is 3.21. The maximum absolute atomic E-state index is 12.2. The van der Waals surface area contributed by atoms with Crippen molar-refractivity contribution in [2.45, 2.75) is 13.5 Å². The topological polar surface area (TPSA) is 77.2 Å². The molecule has 1 amide bonds. The summed E-state index contributed by atoms with van der Waals surface area (Å²) in [6, 6.07) is 8.95. The van der Waals surface area contributed by atoms with Gasteiger partial charge < -0.3 is 14.5 Å². The lowest BCUT2D eigenvalue weighted by molar-refractivity contribution is 0.0995. The van der Waals surface area contributed by atoms with Crippen molar-refractivity contribution in [2.24, 2.45) is 0 Å². The monoisotopic (exact) mass is 309 g/mol. The first-order valence-corrected chi connectivity index (χ1v) is 7.06. The minimum absolute atomic E-state index is 0.260. The van der Waals surface area contributed by atoms with Crippen LogP contribution in [-0.4, -0.2) is 15.9 Å². The van der Waals surface area contributed by atoms with E-state index in [4.69, 9.17) is 9.15 Å². The summed E-state index contributed by atoms with van der Waals surface area (Å²) >= 11 is 0. The summed E-state index contributed by atoms with van der Waals surface area (Å²) in [6.45, 7) is 2.16. The predicted molar refractivity (Wildman–Crippen MR) is 84.2 cm³/mol. The molecule has 0 saturated carbocycles. The van der Waals surface area contributed by atoms with E-state index in [1.54, 1.807) is 43.7 Å². The van der Waals surface area contributed by atoms with E-state index in [0.29, 0.717) is 18.2 Å². The minimum atomic E-state index is -0.361. The van der Waals surface area contributed by atoms with E-state index >= 15 is 0 Å². The third-order valence-corrected chi connectivity index (χ3v) is 3.21. The Morgan fingerprint density at radius 1 is 1.22 bits per heavy atom. The first kappa shape index (κ1) is 14.8. The van der Waals surface area contributed by atoms with E-state index in [0.717, 1.165) is 11.1 Å². The molecule has 0 saturated heterocycles. The molecule has 0 spiro atoms. The van der Waals surface area contributed by atoms with Crippen LogP contribution in [0.25, 0.3) is 0 Å². The number of aromatic nitrogens is 2. The minimum Gasteiger partial charge on any atom is -0.485 e. The molecule has 3 aromatic rings. The molecule has 0 aliphatic heterocycles. The number of nitrogens with zero attached hydrogens (tertiary/aromatic N) is 2. The Hall–Kier alpha value is -3.15. The summed E-state index contributed by atoms with van der Waals surface area (Å²) in [5.74, 6) is 0.736. The molecule has 3 aromatic heterocycles. The summed E-state index contributed by atoms with van der Waals surface area (Å²) in [6.07, 6.45) is 6.46. The fourth-order valence-corrected chi connectivity index (χ4v) is 2.01. The molecular formula is C17H15N3O3. The number of rotatable bonds is 5. The highest BCUT2D eigenvalue weighted by Gasteiger charge is 2.15. The maximum Gasteiger partial charge on any atom is 0.292 e. The molecule has 0 aliphatic carbocycles. The van der Waals surface area contributed by atoms with E-state index < -0.39 is 0 Å². The molecule has 0 atom stereocenters. The van der Waals surface area contributed by atoms with Crippen LogP contribution in [0.2, 0.25) is 0 Å². The van der Waals surface area contributed by atoms with Gasteiger partial charge in [-0.15, -0.1) is 0 Å². The Morgan fingerprint density at radius 2 is 2.04 bits per heavy atom. The van der Waals surface area contributed by atoms with Crippen LogP contribution in [0.1, 0.15) is 21.7 Å². The van der Waals surface area contributed by atoms with Crippen LogP contribution < -0.4 is 10.1 Å². The maximum atomic E-state index is 12.2. The lowest BCUT2D eigenvalue weighted by atomic mass is 10.2. The normalized spacial score (nSPS) is 10.3. The number of ether oxygens (including phenoxy) is 1. The number of amides is 1. The number of furan rings is 1. The van der Waals surface area contributed by atoms with Crippen LogP contribution in [-0.2, 0) is 6.61 Å². The fraction of sp³-hybridized carbons (Fsp3) is 0.118. The van der Waals surface area contributed by atoms with Gasteiger partial charge in [-0.25, -0.2) is 4.98 Å². The number of hydrogen-bond acceptors (Lipinski definition) is 5. The zero-order valence-corrected chi connectivity index (χ0v) is 12.5. The van der Waals surface area contributed by atoms with Crippen LogP contribution in [0.3, 0.4) is 0 Å². The summed E-state index contributed by atoms with van der Waals surface area (Å²) in [4.78, 5) is 20.3. The molecule has 3 heterocycles. The second-order valence-corrected chi connectivity index (χ2v) is 4.88. The van der Waals surface area contributed by atoms with Gasteiger partial charge in [0.1, 0.15) is 6.61 Å². The molecule has 0 unspecified atom stereocenters. The van der Waals surface area contributed by atoms with Gasteiger partial charge >= 0.3 is 0 Å². The van der Waals surface area contributed by atoms with Crippen LogP contribution in [0.4, 0.5) is 5.82 Å². The number of carbonyl (C=O) groups excluding carboxylic acids is 1. The van der Waals surface area contributed by atoms with E-state index in [1.165, 1.54) is 6.26 Å². The van der Waals surface area contributed by atoms with Gasteiger partial charge in [0.25, 0.3) is 5.91 Å². The summed E-state index contributed by atoms with van der Waals surface area (Å²) in [5.41, 5.74) is 1.74. The van der Waals surface area contributed by atoms with Crippen molar-refractivity contribution in [1.82, 2.24) is 9.97 Å². The first-order valence-electron chi connectivity index (χ1n) is 7.06. The van der Waals surface area contributed by atoms with Crippen molar-refractivity contribution < 1.29 is 13.9 Å². The Morgan fingerprint density at radius 3 is 2.78 bits per heavy atom. The highest BCUT2D eigenvalue weighted by molar-refractivity contribution is 6.03. The van der Waals surface area contributed by atoms with Crippen LogP contribution in [0.5, 0.6) is 5.75 Å². The van der Waals surface area contributed by atoms with Gasteiger partial charge in [-0.1, -0.05) is 0 Å². The van der Waals surface area contributed by atoms with Gasteiger partial charge in [0, 0.05) is 24.2 Å². The van der Waals surface area contributed by atoms with Crippen molar-refractivity contribution >= 4 is 11.7 Å². The molecule has 116 valence electrons. The van der Waals surface area contributed by atoms with E-state index in [1.807, 2.05) is 12.1 Å². The molecule has 3 rings (SSSR count). The van der Waals surface area contributed by atoms with Gasteiger partial charge in [-0.05, 0) is 42.8 Å². The molecule has 1 N–H and O–H groups in total. The van der Waals surface area contributed by atoms with Gasteiger partial charge in [0.15, 0.2) is 17.3 Å². The Labute approximate surface area is 133 Å². The van der Waals surface area contributed by atoms with Crippen molar-refractivity contribution in [3.8, 4) is 5.75 Å². The highest BCUT2D eigenvalue weighted by Crippen LogP contribution is 2.23. The number of hydrogen-bond donors (Lipinski definition) is 1. The molecule has 0 fully saturated rings. The fourth-order valence-electron chi connectivity index (χ4n) is 2.01. The molecule has 0 radical (unpaired) electrons. The Balaban J connectivity index is 1.73. The number of anilines is 1. The van der Waals surface area contributed by atoms with Crippen LogP contribution >= 0.6 is 0 Å². The molecule has 0 aromatic carbocycles. The van der Waals surface area contributed by atoms with Gasteiger partial charge in [-0.3, -0.25) is 9.78 Å². The average Bonchev–Trinajstić information content (AvgIpc) is 3.01. The second kappa shape index (κ2) is 6.74. The van der Waals surface area contributed by atoms with E-state index in [9.17, 15) is 4.79 Å². The van der Waals surface area contributed by atoms with Crippen LogP contribution in [0.15, 0.2) is 59.6 Å². The summed E-state index contributed by atoms with van der Waals surface area (Å²) < 4.78 is 10.9. The average molecular weight is 309 g/mol. The third-order valence-electron chi connectivity index (χ3n) is 3.21. The largest absolute Gasteiger partial charge is 0.485 e. The zero-order chi connectivity index (χ0) is 16.1. The molecule has 6 nitrogen and oxygen atoms in total. The number of carbonyl (C=O) groups is 1. The summed E-state index contributed by atoms with van der Waals surface area (Å²) in [5, 5.41) is 2.71. The number of aryl methyl sites for hydroxylation is 1. The quantitative estimate of drug-likeness (QED) is 0.783. The van der Waals surface area contributed by atoms with Crippen LogP contribution in [0, 0.1) is 6.92 Å². The van der Waals surface area contributed by atoms with Gasteiger partial charge in [0.2, 0.25) is 0 Å². The van der Waals surface area contributed by atoms with Crippen molar-refractivity contribution in [3.63, 3.8) is 0 Å². The standard InChI is InChI=1S/C17H15N3O3/c1-12-6-10-22-15(12)17(21)20-16-14(3-2-7-19-16)23-11-13-4-8-18-9-5-13/h2-10H,11H2,1H3,(H,19,20,21). The zero-order valence-electron chi connectivity index (χ0n) is 12.5. The lowest BCUT2D eigenvalue weighted by Crippen LogP contribution is -2.14. The van der Waals surface area contributed by atoms with Crippen molar-refractivity contribution in [3.05, 3.63) is 72.1 Å². The van der Waals surface area contributed by atoms with Crippen molar-refractivity contribution in [2.75, 3.05) is 5.32 Å². The van der Waals surface area contributed by atoms with E-state index in [-0.39, 0.29) is 11.7 Å². The Bertz CT molecular complexity index is 800. The van der Waals surface area contributed by atoms with Crippen molar-refractivity contribution in [1.29, 1.82) is 0 Å². The number of nitrogens with one attached hydrogen (secondary N) is 1. The molecule has 0 aliphatic rings. The summed E-state index contributed by atoms with van der Waals surface area (Å²) in [7, 11) is 0. The SMILES string of the molecule is Cc1ccoc1C(=O)Nc1ncccc1OCc1ccncc1. The lowest BCUT2D eigenvalue weighted by Gasteiger charge is -2.11. The molecule has 0 bridgehead atoms. The van der Waals surface area contributed by atoms with Gasteiger partial charge in [-0.2, -0.15) is 0 Å². The Kier molecular flexibility index (Phi) is 4.33. The smallest absolute Gasteiger partial charge is 0.292 e. The highest BCUT2D eigenvalue weighted by atomic mass is 16.5. The molecule has 23 heavy (non-hydrogen) atoms. The van der Waals surface area contributed by atoms with Gasteiger partial charge in [0.05, 0.1) is 6.26 Å². The number of pyridine rings is 2. The first-order chi connectivity index (χ1) is 11.2. The van der Waals surface area contributed by atoms with E-state index in [2.05, 4.69) is 15.3 Å².